The number of hydrogen-bond donors (Lipinski definition) is 2. The zero-order valence-electron chi connectivity index (χ0n) is 18.1. The van der Waals surface area contributed by atoms with Crippen molar-refractivity contribution in [2.45, 2.75) is 42.8 Å². The predicted molar refractivity (Wildman–Crippen MR) is 123 cm³/mol. The summed E-state index contributed by atoms with van der Waals surface area (Å²) in [5, 5.41) is 26.2. The Hall–Kier alpha value is -2.20. The maximum absolute atomic E-state index is 10.6. The van der Waals surface area contributed by atoms with Crippen molar-refractivity contribution in [3.05, 3.63) is 46.9 Å². The number of aliphatic hydroxyl groups excluding tert-OH is 2. The number of benzene rings is 1. The van der Waals surface area contributed by atoms with Crippen LogP contribution in [0.25, 0.3) is 11.0 Å². The summed E-state index contributed by atoms with van der Waals surface area (Å²) in [7, 11) is -0.166. The van der Waals surface area contributed by atoms with Crippen LogP contribution in [0.1, 0.15) is 23.8 Å². The first-order valence-corrected chi connectivity index (χ1v) is 12.5. The maximum atomic E-state index is 10.6. The van der Waals surface area contributed by atoms with E-state index < -0.39 is 24.5 Å². The van der Waals surface area contributed by atoms with Gasteiger partial charge < -0.3 is 24.6 Å². The van der Waals surface area contributed by atoms with Crippen LogP contribution in [0.2, 0.25) is 5.28 Å². The quantitative estimate of drug-likeness (QED) is 0.295. The van der Waals surface area contributed by atoms with E-state index in [2.05, 4.69) is 44.2 Å². The second-order valence-electron chi connectivity index (χ2n) is 9.11. The number of rotatable bonds is 6. The van der Waals surface area contributed by atoms with Gasteiger partial charge in [0.1, 0.15) is 30.5 Å². The van der Waals surface area contributed by atoms with E-state index in [1.165, 1.54) is 15.8 Å². The van der Waals surface area contributed by atoms with Crippen LogP contribution in [0.5, 0.6) is 0 Å². The van der Waals surface area contributed by atoms with Gasteiger partial charge in [0.05, 0.1) is 18.2 Å². The molecule has 2 aliphatic heterocycles. The fourth-order valence-corrected chi connectivity index (χ4v) is 5.85. The summed E-state index contributed by atoms with van der Waals surface area (Å²) >= 11 is 6.30. The topological polar surface area (TPSA) is 123 Å². The Morgan fingerprint density at radius 2 is 2.06 bits per heavy atom. The zero-order valence-corrected chi connectivity index (χ0v) is 19.8. The van der Waals surface area contributed by atoms with Crippen molar-refractivity contribution in [1.29, 1.82) is 0 Å². The summed E-state index contributed by atoms with van der Waals surface area (Å²) in [4.78, 5) is 11.0. The third-order valence-corrected chi connectivity index (χ3v) is 7.62. The van der Waals surface area contributed by atoms with Crippen LogP contribution in [-0.2, 0) is 25.9 Å². The molecule has 2 aromatic heterocycles. The van der Waals surface area contributed by atoms with E-state index in [1.807, 2.05) is 0 Å². The Balaban J connectivity index is 1.28. The van der Waals surface area contributed by atoms with Crippen molar-refractivity contribution in [2.24, 2.45) is 0 Å². The van der Waals surface area contributed by atoms with Crippen LogP contribution in [0.4, 0.5) is 5.82 Å². The predicted octanol–water partition coefficient (Wildman–Crippen LogP) is 2.07. The Labute approximate surface area is 201 Å². The molecule has 34 heavy (non-hydrogen) atoms. The minimum Gasteiger partial charge on any atom is -0.387 e. The maximum Gasteiger partial charge on any atom is 0.226 e. The van der Waals surface area contributed by atoms with E-state index in [0.717, 1.165) is 25.9 Å². The average molecular weight is 504 g/mol. The summed E-state index contributed by atoms with van der Waals surface area (Å²) in [6, 6.07) is 8.61. The number of halogens is 1. The van der Waals surface area contributed by atoms with Crippen molar-refractivity contribution in [2.75, 3.05) is 30.9 Å². The summed E-state index contributed by atoms with van der Waals surface area (Å²) in [5.74, 6) is 0.693. The molecule has 0 bridgehead atoms. The number of hydrogen-bond acceptors (Lipinski definition) is 9. The largest absolute Gasteiger partial charge is 0.387 e. The van der Waals surface area contributed by atoms with Crippen LogP contribution in [0.3, 0.4) is 0 Å². The molecule has 178 valence electrons. The summed E-state index contributed by atoms with van der Waals surface area (Å²) in [5.41, 5.74) is 3.38. The molecule has 1 spiro atoms. The lowest BCUT2D eigenvalue weighted by atomic mass is 9.75. The van der Waals surface area contributed by atoms with E-state index >= 15 is 0 Å². The fraction of sp³-hybridized carbons (Fsp3) is 0.500. The first kappa shape index (κ1) is 22.3. The number of aliphatic hydroxyl groups is 2. The summed E-state index contributed by atoms with van der Waals surface area (Å²) in [6.45, 7) is 1.65. The van der Waals surface area contributed by atoms with Gasteiger partial charge in [-0.1, -0.05) is 24.3 Å². The van der Waals surface area contributed by atoms with E-state index in [1.54, 1.807) is 6.20 Å². The lowest BCUT2D eigenvalue weighted by Gasteiger charge is -2.49. The molecular formula is C22H23ClN5O5P. The molecule has 1 aliphatic carbocycles. The molecule has 3 aliphatic rings. The van der Waals surface area contributed by atoms with Gasteiger partial charge in [0, 0.05) is 18.5 Å². The normalized spacial score (nSPS) is 27.6. The fourth-order valence-electron chi connectivity index (χ4n) is 5.51. The van der Waals surface area contributed by atoms with E-state index in [0.29, 0.717) is 16.9 Å². The molecule has 0 saturated carbocycles. The molecule has 12 heteroatoms. The number of aryl methyl sites for hydroxylation is 1. The SMILES string of the molecule is O=PCOC[C@H]1O[C@@H](n2ncc3c(N4CC5(CCc6ccccc65)C4)nc(Cl)nc32)[C@H](O)[C@@H]1O. The smallest absolute Gasteiger partial charge is 0.226 e. The highest BCUT2D eigenvalue weighted by molar-refractivity contribution is 7.23. The van der Waals surface area contributed by atoms with Crippen molar-refractivity contribution in [3.63, 3.8) is 0 Å². The molecule has 4 atom stereocenters. The zero-order chi connectivity index (χ0) is 23.4. The molecule has 0 unspecified atom stereocenters. The minimum atomic E-state index is -1.25. The van der Waals surface area contributed by atoms with E-state index in [4.69, 9.17) is 21.1 Å². The molecule has 0 amide bonds. The van der Waals surface area contributed by atoms with Crippen molar-refractivity contribution < 1.29 is 24.3 Å². The Kier molecular flexibility index (Phi) is 5.55. The summed E-state index contributed by atoms with van der Waals surface area (Å²) in [6.07, 6.45) is -0.407. The van der Waals surface area contributed by atoms with E-state index in [9.17, 15) is 14.8 Å². The number of fused-ring (bicyclic) bond motifs is 3. The molecule has 2 fully saturated rings. The number of ether oxygens (including phenoxy) is 2. The lowest BCUT2D eigenvalue weighted by molar-refractivity contribution is -0.0647. The molecule has 0 radical (unpaired) electrons. The van der Waals surface area contributed by atoms with Gasteiger partial charge in [0.2, 0.25) is 5.28 Å². The average Bonchev–Trinajstić information content (AvgIpc) is 3.48. The van der Waals surface area contributed by atoms with Crippen LogP contribution >= 0.6 is 20.1 Å². The first-order valence-electron chi connectivity index (χ1n) is 11.1. The number of anilines is 1. The monoisotopic (exact) mass is 503 g/mol. The van der Waals surface area contributed by atoms with Crippen molar-refractivity contribution >= 4 is 36.9 Å². The van der Waals surface area contributed by atoms with Crippen molar-refractivity contribution in [3.8, 4) is 0 Å². The molecule has 2 saturated heterocycles. The molecule has 3 aromatic rings. The number of nitrogens with zero attached hydrogens (tertiary/aromatic N) is 5. The highest BCUT2D eigenvalue weighted by Crippen LogP contribution is 2.47. The van der Waals surface area contributed by atoms with Crippen LogP contribution in [0, 0.1) is 0 Å². The Bertz CT molecular complexity index is 1250. The Morgan fingerprint density at radius 3 is 2.88 bits per heavy atom. The second kappa shape index (κ2) is 8.48. The second-order valence-corrected chi connectivity index (χ2v) is 9.97. The Morgan fingerprint density at radius 1 is 1.24 bits per heavy atom. The van der Waals surface area contributed by atoms with Gasteiger partial charge in [-0.3, -0.25) is 4.57 Å². The number of aromatic nitrogens is 4. The van der Waals surface area contributed by atoms with Gasteiger partial charge in [0.15, 0.2) is 20.3 Å². The van der Waals surface area contributed by atoms with Gasteiger partial charge in [-0.15, -0.1) is 0 Å². The first-order chi connectivity index (χ1) is 16.5. The van der Waals surface area contributed by atoms with Crippen molar-refractivity contribution in [1.82, 2.24) is 19.7 Å². The van der Waals surface area contributed by atoms with E-state index in [-0.39, 0.29) is 32.1 Å². The molecule has 2 N–H and O–H groups in total. The molecule has 6 rings (SSSR count). The standard InChI is InChI=1S/C22H23ClN5O5P/c23-21-25-18(27-9-22(10-27)6-5-12-3-1-2-4-14(12)22)13-7-24-28(19(13)26-21)20-17(30)16(29)15(33-20)8-32-11-34-31/h1-4,7,15-17,20,29-30H,5-6,8-11H2/t15-,16-,17-,20-/m1/s1. The van der Waals surface area contributed by atoms with Gasteiger partial charge in [-0.25, -0.2) is 4.68 Å². The molecule has 10 nitrogen and oxygen atoms in total. The lowest BCUT2D eigenvalue weighted by Crippen LogP contribution is -2.58. The highest BCUT2D eigenvalue weighted by Gasteiger charge is 2.49. The summed E-state index contributed by atoms with van der Waals surface area (Å²) < 4.78 is 23.0. The molecule has 1 aromatic carbocycles. The molecule has 4 heterocycles. The van der Waals surface area contributed by atoms with Gasteiger partial charge in [-0.2, -0.15) is 15.1 Å². The van der Waals surface area contributed by atoms with Crippen LogP contribution < -0.4 is 4.90 Å². The van der Waals surface area contributed by atoms with Gasteiger partial charge in [-0.05, 0) is 35.6 Å². The van der Waals surface area contributed by atoms with Gasteiger partial charge in [0.25, 0.3) is 0 Å². The highest BCUT2D eigenvalue weighted by atomic mass is 35.5. The minimum absolute atomic E-state index is 0.0124. The molecular weight excluding hydrogens is 481 g/mol. The van der Waals surface area contributed by atoms with Gasteiger partial charge >= 0.3 is 0 Å². The third kappa shape index (κ3) is 3.44. The van der Waals surface area contributed by atoms with Crippen LogP contribution in [0.15, 0.2) is 30.5 Å². The third-order valence-electron chi connectivity index (χ3n) is 7.16. The van der Waals surface area contributed by atoms with Crippen LogP contribution in [-0.4, -0.2) is 74.3 Å².